The van der Waals surface area contributed by atoms with E-state index >= 15 is 0 Å². The van der Waals surface area contributed by atoms with Gasteiger partial charge in [-0.1, -0.05) is 61.0 Å². The molecule has 0 amide bonds. The monoisotopic (exact) mass is 350 g/mol. The van der Waals surface area contributed by atoms with Crippen LogP contribution in [-0.4, -0.2) is 10.2 Å². The molecule has 0 saturated heterocycles. The fraction of sp³-hybridized carbons (Fsp3) is 0.368. The van der Waals surface area contributed by atoms with E-state index in [1.165, 1.54) is 12.8 Å². The van der Waals surface area contributed by atoms with Crippen LogP contribution in [0.25, 0.3) is 0 Å². The molecule has 0 radical (unpaired) electrons. The quantitative estimate of drug-likeness (QED) is 0.647. The maximum absolute atomic E-state index is 9.75. The van der Waals surface area contributed by atoms with Gasteiger partial charge in [-0.2, -0.15) is 0 Å². The van der Waals surface area contributed by atoms with Crippen molar-refractivity contribution in [2.24, 2.45) is 0 Å². The van der Waals surface area contributed by atoms with Gasteiger partial charge in [0.1, 0.15) is 11.5 Å². The van der Waals surface area contributed by atoms with Crippen molar-refractivity contribution in [3.63, 3.8) is 0 Å². The molecule has 4 heteroatoms. The highest BCUT2D eigenvalue weighted by atomic mass is 35.5. The number of halogens is 2. The third-order valence-electron chi connectivity index (χ3n) is 4.96. The first-order valence-corrected chi connectivity index (χ1v) is 8.76. The molecule has 23 heavy (non-hydrogen) atoms. The molecule has 0 aliphatic heterocycles. The van der Waals surface area contributed by atoms with E-state index in [1.54, 1.807) is 12.1 Å². The summed E-state index contributed by atoms with van der Waals surface area (Å²) in [6.45, 7) is 0. The fourth-order valence-electron chi connectivity index (χ4n) is 3.69. The molecule has 3 rings (SSSR count). The Balaban J connectivity index is 2.16. The Morgan fingerprint density at radius 3 is 1.52 bits per heavy atom. The lowest BCUT2D eigenvalue weighted by Crippen LogP contribution is -2.27. The van der Waals surface area contributed by atoms with Crippen molar-refractivity contribution < 1.29 is 10.2 Å². The summed E-state index contributed by atoms with van der Waals surface area (Å²) in [5.74, 6) is 0.200. The normalized spacial score (nSPS) is 17.7. The molecular weight excluding hydrogens is 331 g/mol. The van der Waals surface area contributed by atoms with Crippen LogP contribution in [0.15, 0.2) is 36.4 Å². The topological polar surface area (TPSA) is 40.5 Å². The van der Waals surface area contributed by atoms with E-state index < -0.39 is 0 Å². The number of benzene rings is 2. The van der Waals surface area contributed by atoms with E-state index in [-0.39, 0.29) is 16.9 Å². The largest absolute Gasteiger partial charge is 0.506 e. The van der Waals surface area contributed by atoms with Crippen molar-refractivity contribution in [1.29, 1.82) is 0 Å². The van der Waals surface area contributed by atoms with Crippen LogP contribution >= 0.6 is 23.2 Å². The molecule has 122 valence electrons. The number of phenols is 2. The predicted octanol–water partition coefficient (Wildman–Crippen LogP) is 6.04. The van der Waals surface area contributed by atoms with Gasteiger partial charge in [0.05, 0.1) is 10.0 Å². The number of hydrogen-bond donors (Lipinski definition) is 2. The molecule has 1 saturated carbocycles. The highest BCUT2D eigenvalue weighted by Crippen LogP contribution is 2.46. The van der Waals surface area contributed by atoms with Crippen molar-refractivity contribution in [3.8, 4) is 11.5 Å². The summed E-state index contributed by atoms with van der Waals surface area (Å²) in [6, 6.07) is 10.9. The number of hydrogen-bond acceptors (Lipinski definition) is 2. The number of aromatic hydroxyl groups is 2. The molecule has 0 spiro atoms. The van der Waals surface area contributed by atoms with E-state index in [1.807, 2.05) is 24.3 Å². The molecule has 0 aromatic heterocycles. The minimum atomic E-state index is -0.175. The smallest absolute Gasteiger partial charge is 0.134 e. The summed E-state index contributed by atoms with van der Waals surface area (Å²) in [7, 11) is 0. The summed E-state index contributed by atoms with van der Waals surface area (Å²) in [4.78, 5) is 0. The van der Waals surface area contributed by atoms with Crippen molar-refractivity contribution in [1.82, 2.24) is 0 Å². The first-order chi connectivity index (χ1) is 11.0. The lowest BCUT2D eigenvalue weighted by atomic mass is 9.69. The van der Waals surface area contributed by atoms with E-state index in [0.29, 0.717) is 10.0 Å². The van der Waals surface area contributed by atoms with Crippen molar-refractivity contribution in [3.05, 3.63) is 57.6 Å². The molecule has 1 fully saturated rings. The summed E-state index contributed by atoms with van der Waals surface area (Å²) < 4.78 is 0. The van der Waals surface area contributed by atoms with Gasteiger partial charge in [0.25, 0.3) is 0 Å². The zero-order chi connectivity index (χ0) is 16.4. The maximum Gasteiger partial charge on any atom is 0.134 e. The predicted molar refractivity (Wildman–Crippen MR) is 94.7 cm³/mol. The van der Waals surface area contributed by atoms with Gasteiger partial charge in [-0.05, 0) is 48.2 Å². The molecule has 1 aliphatic carbocycles. The van der Waals surface area contributed by atoms with Crippen molar-refractivity contribution in [2.75, 3.05) is 0 Å². The van der Waals surface area contributed by atoms with Gasteiger partial charge in [0.15, 0.2) is 0 Å². The third kappa shape index (κ3) is 3.15. The highest BCUT2D eigenvalue weighted by Gasteiger charge is 2.35. The van der Waals surface area contributed by atoms with E-state index in [9.17, 15) is 10.2 Å². The molecule has 2 aromatic rings. The number of rotatable bonds is 2. The Hall–Kier alpha value is -1.38. The molecule has 0 heterocycles. The third-order valence-corrected chi connectivity index (χ3v) is 5.56. The lowest BCUT2D eigenvalue weighted by molar-refractivity contribution is 0.440. The van der Waals surface area contributed by atoms with Gasteiger partial charge in [-0.15, -0.1) is 0 Å². The molecule has 0 unspecified atom stereocenters. The minimum Gasteiger partial charge on any atom is -0.506 e. The Bertz CT molecular complexity index is 651. The zero-order valence-corrected chi connectivity index (χ0v) is 14.4. The highest BCUT2D eigenvalue weighted by molar-refractivity contribution is 6.32. The van der Waals surface area contributed by atoms with Gasteiger partial charge in [0, 0.05) is 5.41 Å². The van der Waals surface area contributed by atoms with E-state index in [2.05, 4.69) is 0 Å². The summed E-state index contributed by atoms with van der Waals surface area (Å²) in [5, 5.41) is 20.2. The molecule has 0 bridgehead atoms. The SMILES string of the molecule is Oc1ccc(C2(c3ccc(O)c(Cl)c3)CCCCCC2)cc1Cl. The van der Waals surface area contributed by atoms with E-state index in [0.717, 1.165) is 36.8 Å². The minimum absolute atomic E-state index is 0.0999. The van der Waals surface area contributed by atoms with Gasteiger partial charge < -0.3 is 10.2 Å². The standard InChI is InChI=1S/C19H20Cl2O2/c20-15-11-13(5-7-17(15)22)19(9-3-1-2-4-10-19)14-6-8-18(23)16(21)12-14/h5-8,11-12,22-23H,1-4,9-10H2. The maximum atomic E-state index is 9.75. The van der Waals surface area contributed by atoms with Crippen LogP contribution in [0.3, 0.4) is 0 Å². The molecule has 2 nitrogen and oxygen atoms in total. The summed E-state index contributed by atoms with van der Waals surface area (Å²) in [6.07, 6.45) is 6.73. The summed E-state index contributed by atoms with van der Waals surface area (Å²) >= 11 is 12.3. The van der Waals surface area contributed by atoms with Crippen LogP contribution in [-0.2, 0) is 5.41 Å². The van der Waals surface area contributed by atoms with Crippen LogP contribution in [0.4, 0.5) is 0 Å². The van der Waals surface area contributed by atoms with Crippen LogP contribution in [0.1, 0.15) is 49.7 Å². The van der Waals surface area contributed by atoms with Gasteiger partial charge >= 0.3 is 0 Å². The second-order valence-electron chi connectivity index (χ2n) is 6.33. The van der Waals surface area contributed by atoms with Gasteiger partial charge in [0.2, 0.25) is 0 Å². The van der Waals surface area contributed by atoms with E-state index in [4.69, 9.17) is 23.2 Å². The van der Waals surface area contributed by atoms with Crippen molar-refractivity contribution in [2.45, 2.75) is 43.9 Å². The second kappa shape index (κ2) is 6.62. The first kappa shape index (κ1) is 16.5. The molecule has 0 atom stereocenters. The van der Waals surface area contributed by atoms with Crippen LogP contribution < -0.4 is 0 Å². The molecular formula is C19H20Cl2O2. The Morgan fingerprint density at radius 2 is 1.13 bits per heavy atom. The Kier molecular flexibility index (Phi) is 4.74. The zero-order valence-electron chi connectivity index (χ0n) is 12.9. The lowest BCUT2D eigenvalue weighted by Gasteiger charge is -2.35. The summed E-state index contributed by atoms with van der Waals surface area (Å²) in [5.41, 5.74) is 2.03. The first-order valence-electron chi connectivity index (χ1n) is 8.01. The Labute approximate surface area is 146 Å². The van der Waals surface area contributed by atoms with Gasteiger partial charge in [-0.3, -0.25) is 0 Å². The molecule has 2 aromatic carbocycles. The number of phenolic OH excluding ortho intramolecular Hbond substituents is 2. The fourth-order valence-corrected chi connectivity index (χ4v) is 4.05. The average Bonchev–Trinajstić information content (AvgIpc) is 2.79. The van der Waals surface area contributed by atoms with Crippen molar-refractivity contribution >= 4 is 23.2 Å². The van der Waals surface area contributed by atoms with Crippen LogP contribution in [0, 0.1) is 0 Å². The molecule has 1 aliphatic rings. The second-order valence-corrected chi connectivity index (χ2v) is 7.14. The Morgan fingerprint density at radius 1 is 0.696 bits per heavy atom. The van der Waals surface area contributed by atoms with Crippen LogP contribution in [0.5, 0.6) is 11.5 Å². The molecule has 2 N–H and O–H groups in total. The van der Waals surface area contributed by atoms with Gasteiger partial charge in [-0.25, -0.2) is 0 Å². The average molecular weight is 351 g/mol. The van der Waals surface area contributed by atoms with Crippen LogP contribution in [0.2, 0.25) is 10.0 Å².